The molecule has 0 radical (unpaired) electrons. The minimum absolute atomic E-state index is 0.784. The Hall–Kier alpha value is -4.37. The monoisotopic (exact) mass is 561 g/mol. The van der Waals surface area contributed by atoms with Crippen LogP contribution in [0.2, 0.25) is 18.1 Å². The molecule has 0 spiro atoms. The van der Waals surface area contributed by atoms with Crippen molar-refractivity contribution in [1.82, 2.24) is 4.57 Å². The molecule has 1 aliphatic heterocycles. The fourth-order valence-corrected chi connectivity index (χ4v) is 10.8. The van der Waals surface area contributed by atoms with E-state index in [1.807, 2.05) is 0 Å². The fourth-order valence-electron chi connectivity index (χ4n) is 7.05. The molecule has 0 atom stereocenters. The van der Waals surface area contributed by atoms with Gasteiger partial charge in [0.1, 0.15) is 8.07 Å². The molecule has 3 heteroatoms. The van der Waals surface area contributed by atoms with Crippen LogP contribution >= 0.6 is 11.6 Å². The van der Waals surface area contributed by atoms with Gasteiger partial charge < -0.3 is 4.57 Å². The van der Waals surface area contributed by atoms with E-state index in [-0.39, 0.29) is 0 Å². The van der Waals surface area contributed by atoms with Gasteiger partial charge in [0.25, 0.3) is 0 Å². The van der Waals surface area contributed by atoms with Crippen LogP contribution in [0.25, 0.3) is 60.9 Å². The van der Waals surface area contributed by atoms with E-state index < -0.39 is 8.07 Å². The van der Waals surface area contributed by atoms with Gasteiger partial charge in [-0.3, -0.25) is 0 Å². The van der Waals surface area contributed by atoms with Gasteiger partial charge in [-0.15, -0.1) is 0 Å². The van der Waals surface area contributed by atoms with Gasteiger partial charge in [-0.05, 0) is 62.5 Å². The van der Waals surface area contributed by atoms with Gasteiger partial charge in [0, 0.05) is 22.0 Å². The van der Waals surface area contributed by atoms with E-state index >= 15 is 0 Å². The summed E-state index contributed by atoms with van der Waals surface area (Å²) in [6.45, 7) is 4.98. The normalized spacial score (nSPS) is 13.4. The highest BCUT2D eigenvalue weighted by atomic mass is 35.5. The maximum atomic E-state index is 7.04. The number of hydrogen-bond donors (Lipinski definition) is 0. The number of rotatable bonds is 3. The van der Waals surface area contributed by atoms with E-state index in [1.54, 1.807) is 0 Å². The summed E-state index contributed by atoms with van der Waals surface area (Å²) in [5.74, 6) is 0. The highest BCUT2D eigenvalue weighted by Crippen LogP contribution is 2.43. The molecule has 0 N–H and O–H groups in total. The minimum Gasteiger partial charge on any atom is -0.309 e. The maximum Gasteiger partial charge on any atom is 0.114 e. The number of fused-ring (bicyclic) bond motifs is 6. The first kappa shape index (κ1) is 24.4. The molecule has 0 saturated carbocycles. The molecule has 0 unspecified atom stereocenters. The van der Waals surface area contributed by atoms with Crippen molar-refractivity contribution >= 4 is 51.9 Å². The lowest BCUT2D eigenvalue weighted by Crippen LogP contribution is -2.50. The zero-order valence-electron chi connectivity index (χ0n) is 23.0. The highest BCUT2D eigenvalue weighted by Gasteiger charge is 2.39. The molecule has 0 bridgehead atoms. The van der Waals surface area contributed by atoms with E-state index in [1.165, 1.54) is 54.7 Å². The van der Waals surface area contributed by atoms with Crippen molar-refractivity contribution in [3.05, 3.63) is 138 Å². The molecule has 1 aromatic heterocycles. The molecule has 2 heterocycles. The lowest BCUT2D eigenvalue weighted by molar-refractivity contribution is 1.18. The summed E-state index contributed by atoms with van der Waals surface area (Å²) in [6.07, 6.45) is 0. The van der Waals surface area contributed by atoms with Crippen LogP contribution in [0.1, 0.15) is 0 Å². The van der Waals surface area contributed by atoms with Crippen molar-refractivity contribution < 1.29 is 0 Å². The summed E-state index contributed by atoms with van der Waals surface area (Å²) in [7, 11) is -1.93. The lowest BCUT2D eigenvalue weighted by Gasteiger charge is -2.23. The molecule has 196 valence electrons. The smallest absolute Gasteiger partial charge is 0.114 e. The molecule has 6 aromatic carbocycles. The van der Waals surface area contributed by atoms with Gasteiger partial charge in [-0.1, -0.05) is 134 Å². The van der Waals surface area contributed by atoms with Gasteiger partial charge >= 0.3 is 0 Å². The maximum absolute atomic E-state index is 7.04. The summed E-state index contributed by atoms with van der Waals surface area (Å²) < 4.78 is 2.41. The Morgan fingerprint density at radius 3 is 1.98 bits per heavy atom. The number of hydrogen-bond acceptors (Lipinski definition) is 0. The Bertz CT molecular complexity index is 2120. The van der Waals surface area contributed by atoms with Crippen LogP contribution in [0.5, 0.6) is 0 Å². The fraction of sp³-hybridized carbons (Fsp3) is 0.0526. The second-order valence-electron chi connectivity index (χ2n) is 11.5. The van der Waals surface area contributed by atoms with E-state index in [2.05, 4.69) is 151 Å². The highest BCUT2D eigenvalue weighted by molar-refractivity contribution is 7.04. The SMILES string of the molecule is C[Si]1(C)c2ccccc2-c2cccc(-c3ccc(Cl)c4c5ccccc5n(-c5ccc(-c6ccccc6)cc5)c34)c21. The summed E-state index contributed by atoms with van der Waals surface area (Å²) >= 11 is 7.04. The predicted octanol–water partition coefficient (Wildman–Crippen LogP) is 9.57. The predicted molar refractivity (Wildman–Crippen MR) is 179 cm³/mol. The van der Waals surface area contributed by atoms with E-state index in [0.29, 0.717) is 0 Å². The van der Waals surface area contributed by atoms with Gasteiger partial charge in [-0.2, -0.15) is 0 Å². The summed E-state index contributed by atoms with van der Waals surface area (Å²) in [4.78, 5) is 0. The van der Waals surface area contributed by atoms with Crippen LogP contribution in [0.3, 0.4) is 0 Å². The number of aromatic nitrogens is 1. The first-order chi connectivity index (χ1) is 20.0. The standard InChI is InChI=1S/C38H28ClNSi/c1-41(2)35-18-9-7-13-28(35)30-15-10-16-31(38(30)41)29-23-24-33(39)36-32-14-6-8-17-34(32)40(37(29)36)27-21-19-26(20-22-27)25-11-4-3-5-12-25/h3-24H,1-2H3. The Balaban J connectivity index is 1.44. The van der Waals surface area contributed by atoms with Crippen molar-refractivity contribution in [1.29, 1.82) is 0 Å². The second kappa shape index (κ2) is 9.07. The van der Waals surface area contributed by atoms with Gasteiger partial charge in [0.2, 0.25) is 0 Å². The summed E-state index contributed by atoms with van der Waals surface area (Å²) in [6, 6.07) is 48.3. The molecule has 0 aliphatic carbocycles. The lowest BCUT2D eigenvalue weighted by atomic mass is 9.97. The zero-order valence-corrected chi connectivity index (χ0v) is 24.8. The molecular weight excluding hydrogens is 534 g/mol. The molecule has 0 saturated heterocycles. The van der Waals surface area contributed by atoms with Gasteiger partial charge in [-0.25, -0.2) is 0 Å². The third-order valence-corrected chi connectivity index (χ3v) is 12.8. The third-order valence-electron chi connectivity index (χ3n) is 8.87. The van der Waals surface area contributed by atoms with Crippen molar-refractivity contribution in [2.45, 2.75) is 13.1 Å². The van der Waals surface area contributed by atoms with Crippen LogP contribution in [0.15, 0.2) is 133 Å². The van der Waals surface area contributed by atoms with Crippen molar-refractivity contribution in [3.8, 4) is 39.1 Å². The topological polar surface area (TPSA) is 4.93 Å². The molecule has 0 fully saturated rings. The molecule has 1 nitrogen and oxygen atoms in total. The average molecular weight is 562 g/mol. The number of halogens is 1. The van der Waals surface area contributed by atoms with E-state index in [0.717, 1.165) is 21.6 Å². The molecule has 7 aromatic rings. The molecule has 1 aliphatic rings. The van der Waals surface area contributed by atoms with Crippen molar-refractivity contribution in [3.63, 3.8) is 0 Å². The average Bonchev–Trinajstić information content (AvgIpc) is 3.49. The first-order valence-electron chi connectivity index (χ1n) is 14.2. The van der Waals surface area contributed by atoms with Crippen LogP contribution < -0.4 is 10.4 Å². The van der Waals surface area contributed by atoms with Crippen LogP contribution in [-0.2, 0) is 0 Å². The quantitative estimate of drug-likeness (QED) is 0.189. The Morgan fingerprint density at radius 2 is 1.17 bits per heavy atom. The molecule has 41 heavy (non-hydrogen) atoms. The zero-order chi connectivity index (χ0) is 27.7. The van der Waals surface area contributed by atoms with Gasteiger partial charge in [0.15, 0.2) is 0 Å². The third kappa shape index (κ3) is 3.54. The first-order valence-corrected chi connectivity index (χ1v) is 17.5. The van der Waals surface area contributed by atoms with Crippen LogP contribution in [0, 0.1) is 0 Å². The second-order valence-corrected chi connectivity index (χ2v) is 16.2. The van der Waals surface area contributed by atoms with Crippen LogP contribution in [-0.4, -0.2) is 12.6 Å². The van der Waals surface area contributed by atoms with E-state index in [4.69, 9.17) is 11.6 Å². The number of nitrogens with zero attached hydrogens (tertiary/aromatic N) is 1. The summed E-state index contributed by atoms with van der Waals surface area (Å²) in [5.41, 5.74) is 11.2. The van der Waals surface area contributed by atoms with Crippen molar-refractivity contribution in [2.24, 2.45) is 0 Å². The van der Waals surface area contributed by atoms with Gasteiger partial charge in [0.05, 0.1) is 16.1 Å². The largest absolute Gasteiger partial charge is 0.309 e. The van der Waals surface area contributed by atoms with E-state index in [9.17, 15) is 0 Å². The van der Waals surface area contributed by atoms with Crippen LogP contribution in [0.4, 0.5) is 0 Å². The summed E-state index contributed by atoms with van der Waals surface area (Å²) in [5, 5.41) is 6.10. The number of benzene rings is 6. The number of para-hydroxylation sites is 1. The molecule has 8 rings (SSSR count). The Labute approximate surface area is 246 Å². The van der Waals surface area contributed by atoms with Crippen molar-refractivity contribution in [2.75, 3.05) is 0 Å². The molecular formula is C38H28ClNSi. The Kier molecular flexibility index (Phi) is 5.40. The minimum atomic E-state index is -1.93. The Morgan fingerprint density at radius 1 is 0.537 bits per heavy atom. The molecule has 0 amide bonds.